The molecule has 9 nitrogen and oxygen atoms in total. The van der Waals surface area contributed by atoms with Gasteiger partial charge in [-0.15, -0.1) is 0 Å². The highest BCUT2D eigenvalue weighted by Crippen LogP contribution is 2.33. The van der Waals surface area contributed by atoms with Crippen LogP contribution < -0.4 is 10.6 Å². The van der Waals surface area contributed by atoms with Gasteiger partial charge >= 0.3 is 6.03 Å². The van der Waals surface area contributed by atoms with E-state index in [1.165, 1.54) is 19.2 Å². The second-order valence-corrected chi connectivity index (χ2v) is 6.83. The van der Waals surface area contributed by atoms with Crippen molar-refractivity contribution in [1.29, 1.82) is 0 Å². The van der Waals surface area contributed by atoms with E-state index in [-0.39, 0.29) is 17.7 Å². The molecule has 0 saturated carbocycles. The molecule has 1 atom stereocenters. The summed E-state index contributed by atoms with van der Waals surface area (Å²) in [6.07, 6.45) is 3.70. The van der Waals surface area contributed by atoms with E-state index in [2.05, 4.69) is 35.6 Å². The normalized spacial score (nSPS) is 12.0. The Hall–Kier alpha value is -3.92. The predicted molar refractivity (Wildman–Crippen MR) is 114 cm³/mol. The van der Waals surface area contributed by atoms with E-state index in [1.807, 2.05) is 6.92 Å². The fourth-order valence-corrected chi connectivity index (χ4v) is 3.18. The first-order valence-electron chi connectivity index (χ1n) is 9.66. The minimum absolute atomic E-state index is 0.0218. The Morgan fingerprint density at radius 3 is 2.65 bits per heavy atom. The number of halogens is 1. The molecule has 158 valence electrons. The monoisotopic (exact) mass is 421 g/mol. The number of H-pyrrole nitrogens is 1. The van der Waals surface area contributed by atoms with E-state index in [1.54, 1.807) is 30.6 Å². The number of aliphatic hydroxyl groups excluding tert-OH is 1. The van der Waals surface area contributed by atoms with Crippen LogP contribution in [-0.4, -0.2) is 42.6 Å². The molecule has 0 saturated heterocycles. The number of imidazole rings is 1. The topological polar surface area (TPSA) is 129 Å². The molecule has 4 rings (SSSR count). The first kappa shape index (κ1) is 20.4. The number of nitrogens with zero attached hydrogens (tertiary/aromatic N) is 4. The number of hydrogen-bond acceptors (Lipinski definition) is 6. The van der Waals surface area contributed by atoms with Crippen LogP contribution in [-0.2, 0) is 0 Å². The molecule has 1 unspecified atom stereocenters. The van der Waals surface area contributed by atoms with Gasteiger partial charge in [-0.25, -0.2) is 24.1 Å². The minimum Gasteiger partial charge on any atom is -0.387 e. The van der Waals surface area contributed by atoms with Crippen LogP contribution in [0.1, 0.15) is 25.6 Å². The second-order valence-electron chi connectivity index (χ2n) is 6.83. The van der Waals surface area contributed by atoms with Crippen LogP contribution in [0, 0.1) is 5.82 Å². The zero-order valence-corrected chi connectivity index (χ0v) is 16.8. The molecule has 1 aromatic carbocycles. The van der Waals surface area contributed by atoms with E-state index in [4.69, 9.17) is 0 Å². The van der Waals surface area contributed by atoms with E-state index in [9.17, 15) is 14.3 Å². The quantitative estimate of drug-likeness (QED) is 0.391. The fourth-order valence-electron chi connectivity index (χ4n) is 3.18. The van der Waals surface area contributed by atoms with Crippen molar-refractivity contribution in [2.45, 2.75) is 20.0 Å². The molecule has 2 amide bonds. The number of rotatable bonds is 5. The number of amides is 2. The first-order valence-corrected chi connectivity index (χ1v) is 9.66. The number of carbonyl (C=O) groups excluding carboxylic acids is 1. The zero-order valence-electron chi connectivity index (χ0n) is 16.8. The Morgan fingerprint density at radius 1 is 1.19 bits per heavy atom. The summed E-state index contributed by atoms with van der Waals surface area (Å²) < 4.78 is 14.4. The summed E-state index contributed by atoms with van der Waals surface area (Å²) in [6, 6.07) is 6.18. The summed E-state index contributed by atoms with van der Waals surface area (Å²) in [4.78, 5) is 32.1. The SMILES string of the molecule is CCNC(=O)Nc1nc2c(-c3ncccn3)cc(-c3cnc(C(C)O)c(F)c3)cc2[nH]1. The van der Waals surface area contributed by atoms with Crippen molar-refractivity contribution in [2.24, 2.45) is 0 Å². The van der Waals surface area contributed by atoms with Gasteiger partial charge < -0.3 is 15.4 Å². The molecule has 0 radical (unpaired) electrons. The molecule has 0 aliphatic heterocycles. The lowest BCUT2D eigenvalue weighted by molar-refractivity contribution is 0.188. The summed E-state index contributed by atoms with van der Waals surface area (Å²) in [5.41, 5.74) is 2.89. The lowest BCUT2D eigenvalue weighted by Crippen LogP contribution is -2.28. The van der Waals surface area contributed by atoms with E-state index >= 15 is 0 Å². The second kappa shape index (κ2) is 8.44. The number of aromatic nitrogens is 5. The Labute approximate surface area is 176 Å². The van der Waals surface area contributed by atoms with Gasteiger partial charge in [0.05, 0.1) is 11.6 Å². The third-order valence-electron chi connectivity index (χ3n) is 4.56. The Kier molecular flexibility index (Phi) is 5.54. The van der Waals surface area contributed by atoms with Gasteiger partial charge in [0.1, 0.15) is 17.0 Å². The molecule has 3 heterocycles. The number of carbonyl (C=O) groups is 1. The van der Waals surface area contributed by atoms with Crippen molar-refractivity contribution < 1.29 is 14.3 Å². The highest BCUT2D eigenvalue weighted by atomic mass is 19.1. The molecule has 4 N–H and O–H groups in total. The standard InChI is InChI=1S/C21H20FN7O2/c1-3-23-21(31)29-20-27-16-9-12(13-8-15(22)17(11(2)30)26-10-13)7-14(18(16)28-20)19-24-5-4-6-25-19/h4-11,30H,3H2,1-2H3,(H3,23,27,28,29,31). The van der Waals surface area contributed by atoms with Gasteiger partial charge in [0.25, 0.3) is 0 Å². The van der Waals surface area contributed by atoms with E-state index in [0.717, 1.165) is 0 Å². The fraction of sp³-hybridized carbons (Fsp3) is 0.190. The maximum Gasteiger partial charge on any atom is 0.321 e. The molecule has 31 heavy (non-hydrogen) atoms. The summed E-state index contributed by atoms with van der Waals surface area (Å²) in [5.74, 6) is 0.0804. The maximum absolute atomic E-state index is 14.4. The Balaban J connectivity index is 1.85. The highest BCUT2D eigenvalue weighted by molar-refractivity contribution is 5.97. The smallest absolute Gasteiger partial charge is 0.321 e. The van der Waals surface area contributed by atoms with Crippen molar-refractivity contribution in [1.82, 2.24) is 30.2 Å². The number of anilines is 1. The Bertz CT molecular complexity index is 1240. The molecular formula is C21H20FN7O2. The number of aliphatic hydroxyl groups is 1. The van der Waals surface area contributed by atoms with Crippen molar-refractivity contribution in [2.75, 3.05) is 11.9 Å². The van der Waals surface area contributed by atoms with Crippen LogP contribution in [0.15, 0.2) is 42.9 Å². The average Bonchev–Trinajstić information content (AvgIpc) is 3.15. The molecule has 4 aromatic rings. The third-order valence-corrected chi connectivity index (χ3v) is 4.56. The molecule has 3 aromatic heterocycles. The van der Waals surface area contributed by atoms with Crippen LogP contribution in [0.25, 0.3) is 33.5 Å². The molecule has 0 aliphatic rings. The third kappa shape index (κ3) is 4.19. The van der Waals surface area contributed by atoms with Crippen molar-refractivity contribution in [3.05, 3.63) is 54.4 Å². The minimum atomic E-state index is -1.01. The molecule has 0 fully saturated rings. The Morgan fingerprint density at radius 2 is 1.97 bits per heavy atom. The summed E-state index contributed by atoms with van der Waals surface area (Å²) in [7, 11) is 0. The van der Waals surface area contributed by atoms with Gasteiger partial charge in [0.2, 0.25) is 5.95 Å². The van der Waals surface area contributed by atoms with Crippen LogP contribution in [0.2, 0.25) is 0 Å². The molecule has 0 aliphatic carbocycles. The lowest BCUT2D eigenvalue weighted by Gasteiger charge is -2.09. The zero-order chi connectivity index (χ0) is 22.0. The summed E-state index contributed by atoms with van der Waals surface area (Å²) in [6.45, 7) is 3.74. The van der Waals surface area contributed by atoms with Crippen molar-refractivity contribution >= 4 is 23.0 Å². The van der Waals surface area contributed by atoms with Gasteiger partial charge in [-0.2, -0.15) is 0 Å². The van der Waals surface area contributed by atoms with Crippen LogP contribution in [0.5, 0.6) is 0 Å². The number of urea groups is 1. The number of benzene rings is 1. The number of fused-ring (bicyclic) bond motifs is 1. The molecule has 10 heteroatoms. The van der Waals surface area contributed by atoms with Crippen LogP contribution in [0.3, 0.4) is 0 Å². The number of pyridine rings is 1. The highest BCUT2D eigenvalue weighted by Gasteiger charge is 2.17. The van der Waals surface area contributed by atoms with Gasteiger partial charge in [-0.1, -0.05) is 0 Å². The summed E-state index contributed by atoms with van der Waals surface area (Å²) in [5, 5.41) is 14.9. The number of nitrogens with one attached hydrogen (secondary N) is 3. The van der Waals surface area contributed by atoms with Crippen LogP contribution in [0.4, 0.5) is 15.1 Å². The average molecular weight is 421 g/mol. The summed E-state index contributed by atoms with van der Waals surface area (Å²) >= 11 is 0. The predicted octanol–water partition coefficient (Wildman–Crippen LogP) is 3.42. The van der Waals surface area contributed by atoms with Crippen molar-refractivity contribution in [3.63, 3.8) is 0 Å². The van der Waals surface area contributed by atoms with Gasteiger partial charge in [0, 0.05) is 36.3 Å². The first-order chi connectivity index (χ1) is 15.0. The van der Waals surface area contributed by atoms with E-state index in [0.29, 0.717) is 40.1 Å². The van der Waals surface area contributed by atoms with Gasteiger partial charge in [0.15, 0.2) is 5.82 Å². The molecular weight excluding hydrogens is 401 g/mol. The largest absolute Gasteiger partial charge is 0.387 e. The number of aromatic amines is 1. The lowest BCUT2D eigenvalue weighted by atomic mass is 10.0. The number of hydrogen-bond donors (Lipinski definition) is 4. The van der Waals surface area contributed by atoms with Gasteiger partial charge in [-0.3, -0.25) is 10.3 Å². The van der Waals surface area contributed by atoms with Gasteiger partial charge in [-0.05, 0) is 43.7 Å². The van der Waals surface area contributed by atoms with Crippen molar-refractivity contribution in [3.8, 4) is 22.5 Å². The molecule has 0 bridgehead atoms. The van der Waals surface area contributed by atoms with E-state index < -0.39 is 11.9 Å². The molecule has 0 spiro atoms. The maximum atomic E-state index is 14.4. The van der Waals surface area contributed by atoms with Crippen LogP contribution >= 0.6 is 0 Å².